The van der Waals surface area contributed by atoms with Gasteiger partial charge in [-0.15, -0.1) is 0 Å². The summed E-state index contributed by atoms with van der Waals surface area (Å²) in [6.07, 6.45) is 0. The summed E-state index contributed by atoms with van der Waals surface area (Å²) in [5.74, 6) is -0.721. The van der Waals surface area contributed by atoms with Crippen molar-refractivity contribution in [1.82, 2.24) is 0 Å². The molecule has 0 aliphatic rings. The van der Waals surface area contributed by atoms with E-state index in [1.54, 1.807) is 12.1 Å². The Morgan fingerprint density at radius 2 is 1.89 bits per heavy atom. The largest absolute Gasteiger partial charge is 0.378 e. The summed E-state index contributed by atoms with van der Waals surface area (Å²) in [6.45, 7) is 1.90. The monoisotopic (exact) mass is 393 g/mol. The molecule has 0 aromatic heterocycles. The predicted molar refractivity (Wildman–Crippen MR) is 82.6 cm³/mol. The van der Waals surface area contributed by atoms with E-state index in [1.807, 2.05) is 6.92 Å². The minimum absolute atomic E-state index is 0.104. The number of rotatable bonds is 3. The van der Waals surface area contributed by atoms with Crippen LogP contribution in [-0.4, -0.2) is 0 Å². The van der Waals surface area contributed by atoms with Gasteiger partial charge in [-0.25, -0.2) is 8.78 Å². The van der Waals surface area contributed by atoms with Gasteiger partial charge in [0.15, 0.2) is 0 Å². The molecule has 0 saturated heterocycles. The lowest BCUT2D eigenvalue weighted by Gasteiger charge is -2.17. The number of halogens is 4. The van der Waals surface area contributed by atoms with Crippen molar-refractivity contribution in [3.63, 3.8) is 0 Å². The lowest BCUT2D eigenvalue weighted by Crippen LogP contribution is -2.08. The first-order chi connectivity index (χ1) is 8.97. The summed E-state index contributed by atoms with van der Waals surface area (Å²) in [7, 11) is 0. The third-order valence-electron chi connectivity index (χ3n) is 2.75. The molecule has 0 amide bonds. The van der Waals surface area contributed by atoms with E-state index in [1.165, 1.54) is 24.3 Å². The minimum atomic E-state index is -0.443. The number of nitrogens with one attached hydrogen (secondary N) is 1. The fraction of sp³-hybridized carbons (Fsp3) is 0.143. The molecule has 0 radical (unpaired) electrons. The topological polar surface area (TPSA) is 12.0 Å². The van der Waals surface area contributed by atoms with Gasteiger partial charge in [-0.05, 0) is 65.4 Å². The molecule has 0 aliphatic carbocycles. The smallest absolute Gasteiger partial charge is 0.142 e. The van der Waals surface area contributed by atoms with E-state index >= 15 is 0 Å². The molecule has 1 N–H and O–H groups in total. The van der Waals surface area contributed by atoms with Gasteiger partial charge in [-0.3, -0.25) is 0 Å². The van der Waals surface area contributed by atoms with Crippen LogP contribution >= 0.6 is 34.2 Å². The van der Waals surface area contributed by atoms with Crippen molar-refractivity contribution in [3.05, 3.63) is 62.2 Å². The zero-order chi connectivity index (χ0) is 14.0. The van der Waals surface area contributed by atoms with Crippen LogP contribution in [0.1, 0.15) is 18.5 Å². The fourth-order valence-electron chi connectivity index (χ4n) is 1.70. The van der Waals surface area contributed by atoms with Gasteiger partial charge in [-0.1, -0.05) is 17.7 Å². The average Bonchev–Trinajstić information content (AvgIpc) is 2.36. The van der Waals surface area contributed by atoms with E-state index in [9.17, 15) is 8.78 Å². The van der Waals surface area contributed by atoms with Crippen molar-refractivity contribution in [2.75, 3.05) is 5.32 Å². The number of benzene rings is 2. The van der Waals surface area contributed by atoms with Crippen molar-refractivity contribution >= 4 is 39.9 Å². The molecule has 19 heavy (non-hydrogen) atoms. The zero-order valence-electron chi connectivity index (χ0n) is 10.1. The number of anilines is 1. The first kappa shape index (κ1) is 14.5. The Labute approximate surface area is 129 Å². The summed E-state index contributed by atoms with van der Waals surface area (Å²) in [5.41, 5.74) is 1.59. The molecule has 1 nitrogen and oxygen atoms in total. The minimum Gasteiger partial charge on any atom is -0.378 e. The molecule has 1 unspecified atom stereocenters. The Bertz CT molecular complexity index is 604. The lowest BCUT2D eigenvalue weighted by molar-refractivity contribution is 0.624. The maximum absolute atomic E-state index is 13.4. The van der Waals surface area contributed by atoms with Crippen LogP contribution in [0.15, 0.2) is 36.4 Å². The van der Waals surface area contributed by atoms with E-state index in [2.05, 4.69) is 27.9 Å². The SMILES string of the molecule is CC(Nc1ccc(F)cc1I)c1ccc(Cl)c(F)c1. The quantitative estimate of drug-likeness (QED) is 0.689. The van der Waals surface area contributed by atoms with Gasteiger partial charge < -0.3 is 5.32 Å². The van der Waals surface area contributed by atoms with E-state index < -0.39 is 5.82 Å². The average molecular weight is 394 g/mol. The van der Waals surface area contributed by atoms with Crippen molar-refractivity contribution in [3.8, 4) is 0 Å². The van der Waals surface area contributed by atoms with E-state index in [4.69, 9.17) is 11.6 Å². The van der Waals surface area contributed by atoms with Crippen molar-refractivity contribution < 1.29 is 8.78 Å². The summed E-state index contributed by atoms with van der Waals surface area (Å²) in [5, 5.41) is 3.32. The third-order valence-corrected chi connectivity index (χ3v) is 3.95. The van der Waals surface area contributed by atoms with Crippen LogP contribution in [0.5, 0.6) is 0 Å². The molecule has 0 saturated carbocycles. The van der Waals surface area contributed by atoms with Crippen LogP contribution in [0.25, 0.3) is 0 Å². The first-order valence-electron chi connectivity index (χ1n) is 5.64. The Morgan fingerprint density at radius 3 is 2.53 bits per heavy atom. The van der Waals surface area contributed by atoms with Crippen LogP contribution in [0.3, 0.4) is 0 Å². The maximum Gasteiger partial charge on any atom is 0.142 e. The Kier molecular flexibility index (Phi) is 4.62. The van der Waals surface area contributed by atoms with Gasteiger partial charge in [-0.2, -0.15) is 0 Å². The summed E-state index contributed by atoms with van der Waals surface area (Å²) in [6, 6.07) is 9.08. The Balaban J connectivity index is 2.20. The van der Waals surface area contributed by atoms with Crippen molar-refractivity contribution in [2.45, 2.75) is 13.0 Å². The summed E-state index contributed by atoms with van der Waals surface area (Å²) < 4.78 is 27.2. The summed E-state index contributed by atoms with van der Waals surface area (Å²) in [4.78, 5) is 0. The molecule has 0 spiro atoms. The van der Waals surface area contributed by atoms with Crippen LogP contribution in [0.2, 0.25) is 5.02 Å². The van der Waals surface area contributed by atoms with Gasteiger partial charge in [0.25, 0.3) is 0 Å². The molecule has 100 valence electrons. The van der Waals surface area contributed by atoms with E-state index in [0.717, 1.165) is 14.8 Å². The van der Waals surface area contributed by atoms with Crippen LogP contribution in [0.4, 0.5) is 14.5 Å². The van der Waals surface area contributed by atoms with Crippen LogP contribution < -0.4 is 5.32 Å². The zero-order valence-corrected chi connectivity index (χ0v) is 13.0. The summed E-state index contributed by atoms with van der Waals surface area (Å²) >= 11 is 7.70. The Morgan fingerprint density at radius 1 is 1.16 bits per heavy atom. The molecule has 0 fully saturated rings. The van der Waals surface area contributed by atoms with Gasteiger partial charge >= 0.3 is 0 Å². The van der Waals surface area contributed by atoms with Crippen LogP contribution in [-0.2, 0) is 0 Å². The fourth-order valence-corrected chi connectivity index (χ4v) is 2.46. The highest BCUT2D eigenvalue weighted by atomic mass is 127. The lowest BCUT2D eigenvalue weighted by atomic mass is 10.1. The predicted octanol–water partition coefficient (Wildman–Crippen LogP) is 5.40. The van der Waals surface area contributed by atoms with Crippen LogP contribution in [0, 0.1) is 15.2 Å². The molecule has 2 aromatic carbocycles. The molecule has 0 aliphatic heterocycles. The first-order valence-corrected chi connectivity index (χ1v) is 7.09. The molecular formula is C14H11ClF2IN. The molecule has 5 heteroatoms. The van der Waals surface area contributed by atoms with E-state index in [-0.39, 0.29) is 16.9 Å². The van der Waals surface area contributed by atoms with Gasteiger partial charge in [0.2, 0.25) is 0 Å². The molecule has 0 heterocycles. The second-order valence-corrected chi connectivity index (χ2v) is 5.73. The van der Waals surface area contributed by atoms with Crippen molar-refractivity contribution in [2.24, 2.45) is 0 Å². The second kappa shape index (κ2) is 6.05. The van der Waals surface area contributed by atoms with Gasteiger partial charge in [0.1, 0.15) is 11.6 Å². The highest BCUT2D eigenvalue weighted by molar-refractivity contribution is 14.1. The van der Waals surface area contributed by atoms with E-state index in [0.29, 0.717) is 0 Å². The highest BCUT2D eigenvalue weighted by Crippen LogP contribution is 2.26. The normalized spacial score (nSPS) is 12.3. The Hall–Kier alpha value is -0.880. The van der Waals surface area contributed by atoms with Crippen molar-refractivity contribution in [1.29, 1.82) is 0 Å². The standard InChI is InChI=1S/C14H11ClF2IN/c1-8(9-2-4-11(15)12(17)6-9)19-14-5-3-10(16)7-13(14)18/h2-8,19H,1H3. The molecule has 0 bridgehead atoms. The highest BCUT2D eigenvalue weighted by Gasteiger charge is 2.10. The second-order valence-electron chi connectivity index (χ2n) is 4.16. The van der Waals surface area contributed by atoms with Gasteiger partial charge in [0, 0.05) is 15.3 Å². The maximum atomic E-state index is 13.4. The third kappa shape index (κ3) is 3.57. The molecule has 2 rings (SSSR count). The number of hydrogen-bond acceptors (Lipinski definition) is 1. The molecule has 2 aromatic rings. The molecular weight excluding hydrogens is 383 g/mol. The molecule has 1 atom stereocenters. The van der Waals surface area contributed by atoms with Gasteiger partial charge in [0.05, 0.1) is 5.02 Å². The number of hydrogen-bond donors (Lipinski definition) is 1.